The van der Waals surface area contributed by atoms with Crippen molar-refractivity contribution < 1.29 is 14.0 Å². The van der Waals surface area contributed by atoms with Crippen molar-refractivity contribution in [3.63, 3.8) is 0 Å². The van der Waals surface area contributed by atoms with Crippen LogP contribution in [0.4, 0.5) is 0 Å². The highest BCUT2D eigenvalue weighted by Gasteiger charge is 2.42. The molecule has 5 heteroatoms. The molecule has 2 atom stereocenters. The number of hydrogen-bond acceptors (Lipinski definition) is 3. The monoisotopic (exact) mass is 285 g/mol. The van der Waals surface area contributed by atoms with Gasteiger partial charge in [-0.1, -0.05) is 20.8 Å². The maximum Gasteiger partial charge on any atom is 0.220 e. The minimum atomic E-state index is -1.87. The zero-order valence-electron chi connectivity index (χ0n) is 13.0. The fourth-order valence-corrected chi connectivity index (χ4v) is 3.43. The molecular formula is C14H27NO3Si. The van der Waals surface area contributed by atoms with Gasteiger partial charge in [0.25, 0.3) is 0 Å². The van der Waals surface area contributed by atoms with Crippen molar-refractivity contribution in [2.75, 3.05) is 0 Å². The molecule has 0 bridgehead atoms. The Bertz CT molecular complexity index is 358. The van der Waals surface area contributed by atoms with Crippen molar-refractivity contribution in [2.24, 2.45) is 0 Å². The van der Waals surface area contributed by atoms with Gasteiger partial charge in [0, 0.05) is 12.8 Å². The van der Waals surface area contributed by atoms with E-state index in [0.717, 1.165) is 6.42 Å². The van der Waals surface area contributed by atoms with Crippen molar-refractivity contribution in [3.05, 3.63) is 0 Å². The van der Waals surface area contributed by atoms with Crippen LogP contribution in [0.3, 0.4) is 0 Å². The summed E-state index contributed by atoms with van der Waals surface area (Å²) >= 11 is 0. The maximum atomic E-state index is 11.5. The van der Waals surface area contributed by atoms with Crippen LogP contribution in [-0.4, -0.2) is 32.2 Å². The molecule has 19 heavy (non-hydrogen) atoms. The lowest BCUT2D eigenvalue weighted by atomic mass is 9.97. The van der Waals surface area contributed by atoms with Gasteiger partial charge in [-0.05, 0) is 31.5 Å². The summed E-state index contributed by atoms with van der Waals surface area (Å²) in [4.78, 5) is 22.8. The first-order chi connectivity index (χ1) is 8.53. The Morgan fingerprint density at radius 3 is 2.47 bits per heavy atom. The fraction of sp³-hybridized carbons (Fsp3) is 0.857. The average Bonchev–Trinajstić information content (AvgIpc) is 2.19. The molecule has 0 aliphatic carbocycles. The first kappa shape index (κ1) is 16.4. The molecule has 4 nitrogen and oxygen atoms in total. The summed E-state index contributed by atoms with van der Waals surface area (Å²) in [6, 6.07) is -0.159. The Labute approximate surface area is 117 Å². The van der Waals surface area contributed by atoms with Crippen LogP contribution >= 0.6 is 0 Å². The first-order valence-corrected chi connectivity index (χ1v) is 9.90. The van der Waals surface area contributed by atoms with Crippen molar-refractivity contribution in [1.29, 1.82) is 0 Å². The van der Waals surface area contributed by atoms with Gasteiger partial charge in [-0.3, -0.25) is 9.59 Å². The van der Waals surface area contributed by atoms with Crippen LogP contribution in [-0.2, 0) is 14.0 Å². The molecule has 1 heterocycles. The Kier molecular flexibility index (Phi) is 4.95. The smallest absolute Gasteiger partial charge is 0.220 e. The predicted molar refractivity (Wildman–Crippen MR) is 78.5 cm³/mol. The van der Waals surface area contributed by atoms with E-state index in [-0.39, 0.29) is 28.9 Å². The summed E-state index contributed by atoms with van der Waals surface area (Å²) in [5.74, 6) is 0.123. The molecule has 1 N–H and O–H groups in total. The zero-order chi connectivity index (χ0) is 14.8. The standard InChI is InChI=1S/C14H27NO3Si/c1-10(16)9-11-12(7-8-13(17)15-11)18-19(5,6)14(2,3)4/h11-12H,7-9H2,1-6H3,(H,15,17)/t11-,12+/m0/s1. The highest BCUT2D eigenvalue weighted by molar-refractivity contribution is 6.74. The summed E-state index contributed by atoms with van der Waals surface area (Å²) in [7, 11) is -1.87. The summed E-state index contributed by atoms with van der Waals surface area (Å²) in [6.45, 7) is 12.6. The maximum absolute atomic E-state index is 11.5. The number of amides is 1. The minimum Gasteiger partial charge on any atom is -0.412 e. The molecule has 1 fully saturated rings. The number of carbonyl (C=O) groups is 2. The van der Waals surface area contributed by atoms with E-state index in [9.17, 15) is 9.59 Å². The summed E-state index contributed by atoms with van der Waals surface area (Å²) in [6.07, 6.45) is 1.55. The second-order valence-electron chi connectivity index (χ2n) is 7.04. The zero-order valence-corrected chi connectivity index (χ0v) is 14.0. The topological polar surface area (TPSA) is 55.4 Å². The third-order valence-corrected chi connectivity index (χ3v) is 8.72. The van der Waals surface area contributed by atoms with Gasteiger partial charge in [-0.25, -0.2) is 0 Å². The van der Waals surface area contributed by atoms with E-state index in [1.54, 1.807) is 6.92 Å². The third kappa shape index (κ3) is 4.42. The fourth-order valence-electron chi connectivity index (χ4n) is 2.03. The number of rotatable bonds is 4. The number of nitrogens with one attached hydrogen (secondary N) is 1. The molecule has 0 radical (unpaired) electrons. The Morgan fingerprint density at radius 1 is 1.42 bits per heavy atom. The quantitative estimate of drug-likeness (QED) is 0.808. The highest BCUT2D eigenvalue weighted by Crippen LogP contribution is 2.38. The van der Waals surface area contributed by atoms with E-state index < -0.39 is 8.32 Å². The highest BCUT2D eigenvalue weighted by atomic mass is 28.4. The Hall–Kier alpha value is -0.683. The second-order valence-corrected chi connectivity index (χ2v) is 11.8. The normalized spacial score (nSPS) is 25.1. The van der Waals surface area contributed by atoms with Crippen LogP contribution in [0.2, 0.25) is 18.1 Å². The molecule has 1 aliphatic heterocycles. The summed E-state index contributed by atoms with van der Waals surface area (Å²) in [5, 5.41) is 3.04. The van der Waals surface area contributed by atoms with E-state index in [1.165, 1.54) is 0 Å². The molecule has 0 spiro atoms. The molecule has 1 rings (SSSR count). The lowest BCUT2D eigenvalue weighted by Crippen LogP contribution is -2.55. The van der Waals surface area contributed by atoms with E-state index in [4.69, 9.17) is 4.43 Å². The number of piperidine rings is 1. The molecule has 0 aromatic heterocycles. The molecule has 110 valence electrons. The number of carbonyl (C=O) groups excluding carboxylic acids is 2. The first-order valence-electron chi connectivity index (χ1n) is 6.99. The van der Waals surface area contributed by atoms with Gasteiger partial charge in [-0.15, -0.1) is 0 Å². The Morgan fingerprint density at radius 2 is 2.00 bits per heavy atom. The molecule has 1 amide bonds. The second kappa shape index (κ2) is 5.75. The van der Waals surface area contributed by atoms with Gasteiger partial charge < -0.3 is 9.74 Å². The van der Waals surface area contributed by atoms with Crippen molar-refractivity contribution in [2.45, 2.75) is 77.2 Å². The van der Waals surface area contributed by atoms with Crippen molar-refractivity contribution in [1.82, 2.24) is 5.32 Å². The molecule has 0 aromatic carbocycles. The van der Waals surface area contributed by atoms with Gasteiger partial charge in [-0.2, -0.15) is 0 Å². The Balaban J connectivity index is 2.78. The van der Waals surface area contributed by atoms with Crippen LogP contribution in [0, 0.1) is 0 Å². The van der Waals surface area contributed by atoms with Crippen LogP contribution in [0.25, 0.3) is 0 Å². The van der Waals surface area contributed by atoms with Gasteiger partial charge in [0.05, 0.1) is 12.1 Å². The summed E-state index contributed by atoms with van der Waals surface area (Å²) in [5.41, 5.74) is 0. The largest absolute Gasteiger partial charge is 0.412 e. The number of ketones is 1. The van der Waals surface area contributed by atoms with Gasteiger partial charge in [0.15, 0.2) is 8.32 Å². The van der Waals surface area contributed by atoms with Gasteiger partial charge in [0.1, 0.15) is 5.78 Å². The van der Waals surface area contributed by atoms with Crippen LogP contribution in [0.5, 0.6) is 0 Å². The number of hydrogen-bond donors (Lipinski definition) is 1. The van der Waals surface area contributed by atoms with Crippen molar-refractivity contribution >= 4 is 20.0 Å². The molecule has 0 saturated carbocycles. The molecule has 1 saturated heterocycles. The van der Waals surface area contributed by atoms with Crippen LogP contribution in [0.1, 0.15) is 47.0 Å². The minimum absolute atomic E-state index is 0.0255. The molecule has 0 unspecified atom stereocenters. The van der Waals surface area contributed by atoms with E-state index in [2.05, 4.69) is 39.2 Å². The van der Waals surface area contributed by atoms with E-state index in [0.29, 0.717) is 12.8 Å². The third-order valence-electron chi connectivity index (χ3n) is 4.21. The van der Waals surface area contributed by atoms with Gasteiger partial charge >= 0.3 is 0 Å². The summed E-state index contributed by atoms with van der Waals surface area (Å²) < 4.78 is 6.38. The van der Waals surface area contributed by atoms with Crippen LogP contribution in [0.15, 0.2) is 0 Å². The molecular weight excluding hydrogens is 258 g/mol. The molecule has 1 aliphatic rings. The molecule has 0 aromatic rings. The SMILES string of the molecule is CC(=O)C[C@@H]1NC(=O)CC[C@H]1O[Si](C)(C)C(C)(C)C. The van der Waals surface area contributed by atoms with Crippen LogP contribution < -0.4 is 5.32 Å². The predicted octanol–water partition coefficient (Wildman–Crippen LogP) is 2.63. The number of Topliss-reactive ketones (excluding diaryl/α,β-unsaturated/α-hetero) is 1. The lowest BCUT2D eigenvalue weighted by Gasteiger charge is -2.43. The average molecular weight is 285 g/mol. The van der Waals surface area contributed by atoms with Crippen molar-refractivity contribution in [3.8, 4) is 0 Å². The lowest BCUT2D eigenvalue weighted by molar-refractivity contribution is -0.126. The van der Waals surface area contributed by atoms with E-state index >= 15 is 0 Å². The van der Waals surface area contributed by atoms with Gasteiger partial charge in [0.2, 0.25) is 5.91 Å². The van der Waals surface area contributed by atoms with E-state index in [1.807, 2.05) is 0 Å².